The third-order valence-electron chi connectivity index (χ3n) is 26.6. The van der Waals surface area contributed by atoms with Crippen molar-refractivity contribution in [2.75, 3.05) is 68.3 Å². The van der Waals surface area contributed by atoms with E-state index < -0.39 is 87.4 Å². The van der Waals surface area contributed by atoms with Crippen LogP contribution in [0.3, 0.4) is 0 Å². The van der Waals surface area contributed by atoms with Crippen LogP contribution in [0.15, 0.2) is 217 Å². The van der Waals surface area contributed by atoms with E-state index in [4.69, 9.17) is 46.1 Å². The molecule has 0 saturated carbocycles. The number of ether oxygens (including phenoxy) is 5. The van der Waals surface area contributed by atoms with Gasteiger partial charge in [0, 0.05) is 103 Å². The first kappa shape index (κ1) is 96.8. The van der Waals surface area contributed by atoms with Crippen LogP contribution in [-0.4, -0.2) is 227 Å². The summed E-state index contributed by atoms with van der Waals surface area (Å²) in [5, 5.41) is 44.9. The fraction of sp³-hybridized carbons (Fsp3) is 0.240. The zero-order chi connectivity index (χ0) is 104. The van der Waals surface area contributed by atoms with Crippen LogP contribution >= 0.6 is 0 Å². The summed E-state index contributed by atoms with van der Waals surface area (Å²) in [4.78, 5) is 209. The number of nitrogens with one attached hydrogen (secondary N) is 11. The summed E-state index contributed by atoms with van der Waals surface area (Å²) < 4.78 is 53.4. The summed E-state index contributed by atoms with van der Waals surface area (Å²) >= 11 is 0. The Bertz CT molecular complexity index is 7660. The number of nitrogens with zero attached hydrogens (tertiary/aromatic N) is 13. The van der Waals surface area contributed by atoms with E-state index in [1.807, 2.05) is 38.1 Å². The van der Waals surface area contributed by atoms with Gasteiger partial charge in [0.15, 0.2) is 56.3 Å². The minimum atomic E-state index is -1.61. The molecule has 5 aromatic carbocycles. The van der Waals surface area contributed by atoms with Crippen molar-refractivity contribution in [3.63, 3.8) is 0 Å². The number of aromatic amines is 1. The van der Waals surface area contributed by atoms with Gasteiger partial charge in [0.1, 0.15) is 62.8 Å². The lowest BCUT2D eigenvalue weighted by Gasteiger charge is -2.28. The van der Waals surface area contributed by atoms with Gasteiger partial charge in [-0.3, -0.25) is 79.5 Å². The number of hydrogen-bond donors (Lipinski definition) is 11. The number of furan rings is 2. The van der Waals surface area contributed by atoms with Crippen LogP contribution in [0.25, 0.3) is 39.6 Å². The van der Waals surface area contributed by atoms with Crippen LogP contribution in [-0.2, 0) is 90.8 Å². The Balaban J connectivity index is 0.000000113. The number of carbonyl (C=O) groups excluding carboxylic acids is 15. The maximum atomic E-state index is 13.0. The number of fused-ring (bicyclic) bond motifs is 6. The molecule has 0 bridgehead atoms. The molecule has 14 aromatic rings. The van der Waals surface area contributed by atoms with Crippen molar-refractivity contribution in [2.24, 2.45) is 0 Å². The highest BCUT2D eigenvalue weighted by Crippen LogP contribution is 2.42. The van der Waals surface area contributed by atoms with Crippen molar-refractivity contribution in [2.45, 2.75) is 87.1 Å². The quantitative estimate of drug-likeness (QED) is 0.0271. The molecule has 49 heteroatoms. The molecule has 758 valence electrons. The number of amides is 20. The molecule has 19 heterocycles. The van der Waals surface area contributed by atoms with Crippen molar-refractivity contribution in [3.8, 4) is 57.3 Å². The highest BCUT2D eigenvalue weighted by molar-refractivity contribution is 6.13. The van der Waals surface area contributed by atoms with Gasteiger partial charge in [-0.2, -0.15) is 10.2 Å². The van der Waals surface area contributed by atoms with E-state index in [9.17, 15) is 71.9 Å². The second-order valence-electron chi connectivity index (χ2n) is 35.8. The van der Waals surface area contributed by atoms with Crippen molar-refractivity contribution in [1.29, 1.82) is 0 Å². The third kappa shape index (κ3) is 17.8. The largest absolute Gasteiger partial charge is 0.497 e. The van der Waals surface area contributed by atoms with Crippen molar-refractivity contribution in [3.05, 3.63) is 291 Å². The van der Waals surface area contributed by atoms with Crippen LogP contribution in [0, 0.1) is 6.92 Å². The van der Waals surface area contributed by atoms with Gasteiger partial charge in [-0.05, 0) is 150 Å². The Morgan fingerprint density at radius 3 is 1.15 bits per heavy atom. The van der Waals surface area contributed by atoms with Crippen molar-refractivity contribution < 1.29 is 118 Å². The van der Waals surface area contributed by atoms with Gasteiger partial charge in [-0.1, -0.05) is 59.1 Å². The van der Waals surface area contributed by atoms with Crippen LogP contribution < -0.4 is 76.9 Å². The molecule has 49 nitrogen and oxygen atoms in total. The Labute approximate surface area is 840 Å². The summed E-state index contributed by atoms with van der Waals surface area (Å²) in [6.45, 7) is 4.84. The zero-order valence-corrected chi connectivity index (χ0v) is 80.0. The number of H-pyrrole nitrogens is 1. The Kier molecular flexibility index (Phi) is 25.0. The molecule has 10 aliphatic heterocycles. The third-order valence-corrected chi connectivity index (χ3v) is 26.6. The highest BCUT2D eigenvalue weighted by atomic mass is 16.5. The molecule has 5 atom stereocenters. The number of hydrogen-bond acceptors (Lipinski definition) is 32. The summed E-state index contributed by atoms with van der Waals surface area (Å²) in [5.41, 5.74) is 3.62. The SMILES string of the molecule is CCCc1cc([C@]2(CN3Cc4ccc(OC)cc4C3=O)NC(=O)NC2=O)on1.COc1ccc2c(c1)C(=O)N(C[C@@]1(c3cc(-c4ccc[nH]4)no3)NC(=O)NC1=O)C2.COc1ccc2c(c1)C(=O)N(C[C@@]1(c3cc(-c4ccco4)no3)NC(=O)NC1=O)C2.COc1ccc2c(c1)C(=O)N(C[C@@]1(c3cc4nc(C)ccc4o3)NC(=O)NC1=O)C2.COc1ccc2c(c1)C(=O)N(C[C@@]1(c3cnn(-c4cccnc4)n3)NC(=O)NC1=O)C2. The molecule has 5 fully saturated rings. The van der Waals surface area contributed by atoms with Gasteiger partial charge in [0.2, 0.25) is 0 Å². The smallest absolute Gasteiger partial charge is 0.322 e. The maximum Gasteiger partial charge on any atom is 0.322 e. The van der Waals surface area contributed by atoms with E-state index in [0.717, 1.165) is 39.9 Å². The second-order valence-corrected chi connectivity index (χ2v) is 35.8. The number of pyridine rings is 2. The summed E-state index contributed by atoms with van der Waals surface area (Å²) in [5.74, 6) is -0.324. The molecule has 0 aliphatic carbocycles. The lowest BCUT2D eigenvalue weighted by molar-refractivity contribution is -0.126. The van der Waals surface area contributed by atoms with E-state index >= 15 is 0 Å². The molecule has 0 spiro atoms. The number of benzene rings is 5. The van der Waals surface area contributed by atoms with E-state index in [-0.39, 0.29) is 97.5 Å². The lowest BCUT2D eigenvalue weighted by atomic mass is 9.95. The topological polar surface area (TPSA) is 615 Å². The Morgan fingerprint density at radius 1 is 0.389 bits per heavy atom. The van der Waals surface area contributed by atoms with Crippen LogP contribution in [0.1, 0.15) is 133 Å². The van der Waals surface area contributed by atoms with Crippen molar-refractivity contribution >= 4 is 100 Å². The van der Waals surface area contributed by atoms with Gasteiger partial charge < -0.3 is 102 Å². The lowest BCUT2D eigenvalue weighted by Crippen LogP contribution is -2.53. The Hall–Kier alpha value is -19.7. The molecule has 9 aromatic heterocycles. The minimum absolute atomic E-state index is 0.0683. The van der Waals surface area contributed by atoms with Crippen LogP contribution in [0.2, 0.25) is 0 Å². The van der Waals surface area contributed by atoms with E-state index in [1.165, 1.54) is 83.4 Å². The van der Waals surface area contributed by atoms with Crippen LogP contribution in [0.4, 0.5) is 24.0 Å². The van der Waals surface area contributed by atoms with Gasteiger partial charge >= 0.3 is 30.2 Å². The molecular formula is C100H88N24O25. The number of aryl methyl sites for hydroxylation is 2. The highest BCUT2D eigenvalue weighted by Gasteiger charge is 2.59. The van der Waals surface area contributed by atoms with Gasteiger partial charge in [-0.15, -0.1) is 4.80 Å². The van der Waals surface area contributed by atoms with E-state index in [2.05, 4.69) is 93.8 Å². The van der Waals surface area contributed by atoms with Crippen LogP contribution in [0.5, 0.6) is 28.7 Å². The van der Waals surface area contributed by atoms with E-state index in [1.54, 1.807) is 152 Å². The standard InChI is InChI=1S/C21H18N4O5.C20H17N7O4.C20H17N5O5.C20H16N4O6.C19H20N4O5/c1-11-3-6-16-15(22-11)8-17(30-16)21(19(27)23-20(28)24-21)10-25-9-12-4-5-13(29-2)7-14(12)18(25)26;1-31-14-5-4-12-10-26(17(28)15(12)7-14)11-20(18(29)23-19(30)24-20)16-9-22-27(25-16)13-3-2-6-21-8-13;1-29-12-5-4-11-9-25(17(26)13(11)7-12)10-20(18(27)22-19(28)23-20)16-8-15(24-30-16)14-3-2-6-21-14;1-28-12-5-4-11-9-24(17(25)13(11)7-12)10-20(18(26)21-19(27)22-20)16-8-14(23-30-16)15-3-2-6-29-15;1-3-4-12-7-15(28-22-12)19(17(25)20-18(26)21-19)10-23-9-11-5-6-13(27-2)8-14(11)16(23)24/h3-8H,9-10H2,1-2H3,(H2,23,24,27,28);2-9H,10-11H2,1H3,(H2,23,24,29,30);2-8,21H,9-10H2,1H3,(H2,22,23,27,28);2-8H,9-10H2,1H3,(H2,21,22,26,27);5-8H,3-4,9-10H2,1-2H3,(H2,20,21,25,26)/t21-;3*20-;19-/m00000/s1. The molecular weight excluding hydrogens is 1940 g/mol. The number of imide groups is 5. The predicted molar refractivity (Wildman–Crippen MR) is 509 cm³/mol. The second kappa shape index (κ2) is 38.5. The molecule has 5 saturated heterocycles. The molecule has 11 N–H and O–H groups in total. The normalized spacial score (nSPS) is 20.4. The van der Waals surface area contributed by atoms with Gasteiger partial charge in [0.25, 0.3) is 59.1 Å². The number of aromatic nitrogens is 9. The molecule has 149 heavy (non-hydrogen) atoms. The van der Waals surface area contributed by atoms with Gasteiger partial charge in [0.05, 0.1) is 98.3 Å². The number of methoxy groups -OCH3 is 5. The van der Waals surface area contributed by atoms with Crippen molar-refractivity contribution in [1.82, 2.24) is 123 Å². The molecule has 24 rings (SSSR count). The first-order chi connectivity index (χ1) is 71.8. The summed E-state index contributed by atoms with van der Waals surface area (Å²) in [6, 6.07) is 43.4. The molecule has 0 unspecified atom stereocenters. The average molecular weight is 2030 g/mol. The number of carbonyl (C=O) groups is 15. The maximum absolute atomic E-state index is 13.0. The van der Waals surface area contributed by atoms with Gasteiger partial charge in [-0.25, -0.2) is 29.0 Å². The van der Waals surface area contributed by atoms with E-state index in [0.29, 0.717) is 134 Å². The number of rotatable bonds is 25. The molecule has 10 aliphatic rings. The summed E-state index contributed by atoms with van der Waals surface area (Å²) in [7, 11) is 7.64. The average Bonchev–Trinajstić information content (AvgIpc) is 1.60. The fourth-order valence-electron chi connectivity index (χ4n) is 19.0. The first-order valence-electron chi connectivity index (χ1n) is 46.1. The molecule has 0 radical (unpaired) electrons. The monoisotopic (exact) mass is 2020 g/mol. The minimum Gasteiger partial charge on any atom is -0.497 e. The molecule has 20 amide bonds. The Morgan fingerprint density at radius 2 is 0.779 bits per heavy atom. The fourth-order valence-corrected chi connectivity index (χ4v) is 19.0. The summed E-state index contributed by atoms with van der Waals surface area (Å²) in [6.07, 6.45) is 9.34. The first-order valence-corrected chi connectivity index (χ1v) is 46.1. The zero-order valence-electron chi connectivity index (χ0n) is 80.0. The number of urea groups is 5. The predicted octanol–water partition coefficient (Wildman–Crippen LogP) is 6.53.